The summed E-state index contributed by atoms with van der Waals surface area (Å²) in [4.78, 5) is 54.7. The highest BCUT2D eigenvalue weighted by Crippen LogP contribution is 2.64. The quantitative estimate of drug-likeness (QED) is 0.0385. The fourth-order valence-corrected chi connectivity index (χ4v) is 9.24. The molecule has 12 nitrogen and oxygen atoms in total. The highest BCUT2D eigenvalue weighted by Gasteiger charge is 2.55. The van der Waals surface area contributed by atoms with Crippen molar-refractivity contribution in [2.75, 3.05) is 19.8 Å². The number of carbonyl (C=O) groups is 4. The summed E-state index contributed by atoms with van der Waals surface area (Å²) >= 11 is 0.632. The van der Waals surface area contributed by atoms with Gasteiger partial charge in [0.2, 0.25) is 0 Å². The lowest BCUT2D eigenvalue weighted by atomic mass is 9.98. The molecule has 0 aromatic heterocycles. The Morgan fingerprint density at radius 3 is 1.34 bits per heavy atom. The van der Waals surface area contributed by atoms with Crippen molar-refractivity contribution in [3.8, 4) is 0 Å². The molecule has 0 aliphatic carbocycles. The Bertz CT molecular complexity index is 1880. The first-order valence-electron chi connectivity index (χ1n) is 18.4. The van der Waals surface area contributed by atoms with Crippen LogP contribution in [0.1, 0.15) is 81.0 Å². The molecule has 296 valence electrons. The van der Waals surface area contributed by atoms with Gasteiger partial charge in [0.05, 0.1) is 35.5 Å². The molecule has 1 fully saturated rings. The van der Waals surface area contributed by atoms with Crippen LogP contribution >= 0.6 is 18.2 Å². The minimum atomic E-state index is -4.08. The molecule has 0 radical (unpaired) electrons. The number of rotatable bonds is 19. The van der Waals surface area contributed by atoms with Gasteiger partial charge in [-0.25, -0.2) is 23.7 Å². The van der Waals surface area contributed by atoms with Gasteiger partial charge in [0.1, 0.15) is 12.7 Å². The highest BCUT2D eigenvalue weighted by molar-refractivity contribution is 8.55. The zero-order chi connectivity index (χ0) is 39.8. The molecule has 0 saturated carbocycles. The van der Waals surface area contributed by atoms with Crippen LogP contribution in [0.2, 0.25) is 0 Å². The third-order valence-corrected chi connectivity index (χ3v) is 12.3. The maximum absolute atomic E-state index is 14.5. The van der Waals surface area contributed by atoms with Crippen LogP contribution in [0.5, 0.6) is 0 Å². The van der Waals surface area contributed by atoms with Crippen molar-refractivity contribution in [1.82, 2.24) is 0 Å². The van der Waals surface area contributed by atoms with E-state index in [1.807, 2.05) is 13.8 Å². The van der Waals surface area contributed by atoms with Gasteiger partial charge in [-0.15, -0.1) is 0 Å². The summed E-state index contributed by atoms with van der Waals surface area (Å²) in [5, 5.41) is 0. The summed E-state index contributed by atoms with van der Waals surface area (Å²) in [5.74, 6) is -3.21. The van der Waals surface area contributed by atoms with Gasteiger partial charge in [-0.2, -0.15) is 0 Å². The fourth-order valence-electron chi connectivity index (χ4n) is 5.48. The third-order valence-electron chi connectivity index (χ3n) is 8.46. The van der Waals surface area contributed by atoms with Gasteiger partial charge in [-0.05, 0) is 72.8 Å². The van der Waals surface area contributed by atoms with Crippen molar-refractivity contribution < 1.29 is 56.5 Å². The lowest BCUT2D eigenvalue weighted by molar-refractivity contribution is -0.207. The number of carbonyl (C=O) groups excluding carboxylic acids is 4. The van der Waals surface area contributed by atoms with Crippen LogP contribution in [-0.2, 0) is 37.3 Å². The van der Waals surface area contributed by atoms with Gasteiger partial charge in [0, 0.05) is 0 Å². The summed E-state index contributed by atoms with van der Waals surface area (Å²) in [5.41, 5.74) is -0.729. The molecule has 4 aromatic rings. The van der Waals surface area contributed by atoms with Gasteiger partial charge in [0.15, 0.2) is 23.7 Å². The molecule has 1 aliphatic heterocycles. The molecule has 1 heterocycles. The lowest BCUT2D eigenvalue weighted by Crippen LogP contribution is -2.61. The molecule has 0 amide bonds. The van der Waals surface area contributed by atoms with E-state index in [1.54, 1.807) is 84.9 Å². The van der Waals surface area contributed by atoms with Crippen molar-refractivity contribution in [3.05, 3.63) is 144 Å². The van der Waals surface area contributed by atoms with Gasteiger partial charge >= 0.3 is 30.7 Å². The van der Waals surface area contributed by atoms with Gasteiger partial charge in [0.25, 0.3) is 0 Å². The van der Waals surface area contributed by atoms with Gasteiger partial charge in [-0.3, -0.25) is 0 Å². The lowest BCUT2D eigenvalue weighted by Gasteiger charge is -2.44. The smallest absolute Gasteiger partial charge is 0.391 e. The molecule has 5 rings (SSSR count). The van der Waals surface area contributed by atoms with E-state index in [1.165, 1.54) is 36.4 Å². The van der Waals surface area contributed by atoms with Crippen LogP contribution in [0.15, 0.2) is 121 Å². The van der Waals surface area contributed by atoms with Gasteiger partial charge in [-0.1, -0.05) is 99.5 Å². The van der Waals surface area contributed by atoms with Crippen molar-refractivity contribution in [1.29, 1.82) is 0 Å². The number of hydrogen-bond acceptors (Lipinski definition) is 13. The maximum Gasteiger partial charge on any atom is 0.391 e. The molecule has 0 bridgehead atoms. The van der Waals surface area contributed by atoms with Crippen LogP contribution in [0.25, 0.3) is 0 Å². The highest BCUT2D eigenvalue weighted by atomic mass is 32.7. The molecular formula is C42H45O12PS. The molecule has 0 unspecified atom stereocenters. The van der Waals surface area contributed by atoms with E-state index in [0.717, 1.165) is 12.8 Å². The Morgan fingerprint density at radius 2 is 0.929 bits per heavy atom. The molecule has 5 atom stereocenters. The minimum Gasteiger partial charge on any atom is -0.459 e. The fraction of sp³-hybridized carbons (Fsp3) is 0.333. The summed E-state index contributed by atoms with van der Waals surface area (Å²) in [6.07, 6.45) is -3.42. The van der Waals surface area contributed by atoms with E-state index >= 15 is 0 Å². The van der Waals surface area contributed by atoms with Crippen LogP contribution in [0, 0.1) is 0 Å². The predicted molar refractivity (Wildman–Crippen MR) is 209 cm³/mol. The summed E-state index contributed by atoms with van der Waals surface area (Å²) < 4.78 is 56.8. The van der Waals surface area contributed by atoms with E-state index in [-0.39, 0.29) is 35.5 Å². The molecule has 1 aliphatic rings. The van der Waals surface area contributed by atoms with E-state index < -0.39 is 67.1 Å². The second-order valence-corrected chi connectivity index (χ2v) is 16.7. The molecule has 0 spiro atoms. The number of hydrogen-bond donors (Lipinski definition) is 0. The van der Waals surface area contributed by atoms with Crippen LogP contribution in [0.4, 0.5) is 0 Å². The Balaban J connectivity index is 1.60. The van der Waals surface area contributed by atoms with Crippen molar-refractivity contribution in [3.63, 3.8) is 0 Å². The Morgan fingerprint density at radius 1 is 0.554 bits per heavy atom. The molecule has 14 heteroatoms. The van der Waals surface area contributed by atoms with Crippen molar-refractivity contribution >= 4 is 42.1 Å². The number of ether oxygens (including phenoxy) is 5. The van der Waals surface area contributed by atoms with Crippen LogP contribution in [-0.4, -0.2) is 73.5 Å². The standard InChI is InChI=1S/C42H45O12PS/c1-3-5-27-49-55(47,50-28-6-4-2)56-42-37(54-41(46)33-25-17-10-18-26-33)36(53-40(45)32-23-15-9-16-24-32)35(52-39(44)31-21-13-8-14-22-31)34(51-42)29-48-38(43)30-19-11-7-12-20-30/h7-26,34-37,42H,3-6,27-29H2,1-2H3/t34-,35-,36+,37+,42+/m1/s1. The average Bonchev–Trinajstić information content (AvgIpc) is 3.23. The van der Waals surface area contributed by atoms with Crippen LogP contribution < -0.4 is 0 Å². The molecule has 4 aromatic carbocycles. The Labute approximate surface area is 330 Å². The first kappa shape index (κ1) is 42.4. The molecule has 1 saturated heterocycles. The number of esters is 4. The van der Waals surface area contributed by atoms with Crippen molar-refractivity contribution in [2.24, 2.45) is 0 Å². The van der Waals surface area contributed by atoms with E-state index in [2.05, 4.69) is 0 Å². The van der Waals surface area contributed by atoms with Crippen molar-refractivity contribution in [2.45, 2.75) is 69.4 Å². The topological polar surface area (TPSA) is 150 Å². The van der Waals surface area contributed by atoms with Crippen LogP contribution in [0.3, 0.4) is 0 Å². The first-order valence-corrected chi connectivity index (χ1v) is 21.5. The SMILES string of the molecule is CCCCOP(=O)(OCCCC)S[C@@H]1O[C@H](COC(=O)c2ccccc2)[C@@H](OC(=O)c2ccccc2)[C@H](OC(=O)c2ccccc2)[C@@H]1OC(=O)c1ccccc1. The average molecular weight is 805 g/mol. The molecule has 0 N–H and O–H groups in total. The number of benzene rings is 4. The molecular weight excluding hydrogens is 759 g/mol. The summed E-state index contributed by atoms with van der Waals surface area (Å²) in [7, 11) is 0. The summed E-state index contributed by atoms with van der Waals surface area (Å²) in [6.45, 7) is -0.513. The predicted octanol–water partition coefficient (Wildman–Crippen LogP) is 8.72. The zero-order valence-corrected chi connectivity index (χ0v) is 32.8. The minimum absolute atomic E-state index is 0.0932. The Kier molecular flexibility index (Phi) is 16.3. The largest absolute Gasteiger partial charge is 0.459 e. The third kappa shape index (κ3) is 12.1. The second-order valence-electron chi connectivity index (χ2n) is 12.6. The Hall–Kier alpha value is -4.78. The van der Waals surface area contributed by atoms with E-state index in [4.69, 9.17) is 32.7 Å². The first-order chi connectivity index (χ1) is 27.2. The monoisotopic (exact) mass is 804 g/mol. The maximum atomic E-state index is 14.5. The second kappa shape index (κ2) is 21.5. The van der Waals surface area contributed by atoms with Gasteiger partial charge < -0.3 is 32.7 Å². The zero-order valence-electron chi connectivity index (χ0n) is 31.1. The van der Waals surface area contributed by atoms with E-state index in [9.17, 15) is 23.7 Å². The number of unbranched alkanes of at least 4 members (excludes halogenated alkanes) is 2. The normalized spacial score (nSPS) is 19.4. The van der Waals surface area contributed by atoms with E-state index in [0.29, 0.717) is 24.2 Å². The molecule has 56 heavy (non-hydrogen) atoms. The summed E-state index contributed by atoms with van der Waals surface area (Å²) in [6, 6.07) is 32.4.